The van der Waals surface area contributed by atoms with Crippen molar-refractivity contribution in [1.29, 1.82) is 0 Å². The van der Waals surface area contributed by atoms with E-state index in [0.29, 0.717) is 26.2 Å². The summed E-state index contributed by atoms with van der Waals surface area (Å²) in [5, 5.41) is 4.17. The molecule has 0 unspecified atom stereocenters. The maximum atomic E-state index is 12.6. The first-order chi connectivity index (χ1) is 12.2. The Morgan fingerprint density at radius 1 is 1.24 bits per heavy atom. The van der Waals surface area contributed by atoms with Gasteiger partial charge in [0.1, 0.15) is 11.5 Å². The fraction of sp³-hybridized carbons (Fsp3) is 0.471. The van der Waals surface area contributed by atoms with E-state index in [4.69, 9.17) is 9.15 Å². The molecule has 3 heterocycles. The average molecular weight is 346 g/mol. The van der Waals surface area contributed by atoms with Crippen LogP contribution in [0.1, 0.15) is 16.2 Å². The minimum absolute atomic E-state index is 0.149. The molecule has 2 aromatic rings. The van der Waals surface area contributed by atoms with Crippen molar-refractivity contribution in [3.05, 3.63) is 52.3 Å². The van der Waals surface area contributed by atoms with Crippen LogP contribution in [0.3, 0.4) is 0 Å². The highest BCUT2D eigenvalue weighted by Gasteiger charge is 2.23. The maximum Gasteiger partial charge on any atom is 0.274 e. The van der Waals surface area contributed by atoms with Gasteiger partial charge in [-0.1, -0.05) is 0 Å². The van der Waals surface area contributed by atoms with Gasteiger partial charge in [0.05, 0.1) is 26.0 Å². The Kier molecular flexibility index (Phi) is 5.62. The van der Waals surface area contributed by atoms with Gasteiger partial charge in [-0.05, 0) is 18.2 Å². The molecular formula is C17H22N4O4. The number of hydrogen-bond donors (Lipinski definition) is 0. The third-order valence-corrected chi connectivity index (χ3v) is 4.21. The van der Waals surface area contributed by atoms with Crippen LogP contribution in [0.25, 0.3) is 0 Å². The van der Waals surface area contributed by atoms with Crippen molar-refractivity contribution in [3.8, 4) is 0 Å². The van der Waals surface area contributed by atoms with Gasteiger partial charge in [-0.15, -0.1) is 0 Å². The maximum absolute atomic E-state index is 12.6. The van der Waals surface area contributed by atoms with Gasteiger partial charge in [0.15, 0.2) is 0 Å². The third kappa shape index (κ3) is 4.34. The molecule has 0 bridgehead atoms. The first-order valence-corrected chi connectivity index (χ1v) is 8.28. The zero-order chi connectivity index (χ0) is 17.6. The summed E-state index contributed by atoms with van der Waals surface area (Å²) in [5.41, 5.74) is 0.0482. The smallest absolute Gasteiger partial charge is 0.274 e. The molecule has 25 heavy (non-hydrogen) atoms. The minimum atomic E-state index is -0.239. The van der Waals surface area contributed by atoms with Crippen LogP contribution in [-0.4, -0.2) is 65.4 Å². The van der Waals surface area contributed by atoms with E-state index in [9.17, 15) is 9.59 Å². The standard InChI is InChI=1S/C17H22N4O4/c1-24-12-10-21-16(22)5-4-15(18-21)17(23)20-8-6-19(7-9-20)13-14-3-2-11-25-14/h2-5,11H,6-10,12-13H2,1H3. The van der Waals surface area contributed by atoms with Crippen molar-refractivity contribution < 1.29 is 13.9 Å². The van der Waals surface area contributed by atoms with Crippen LogP contribution in [0.2, 0.25) is 0 Å². The molecule has 1 saturated heterocycles. The zero-order valence-electron chi connectivity index (χ0n) is 14.3. The normalized spacial score (nSPS) is 15.5. The summed E-state index contributed by atoms with van der Waals surface area (Å²) in [5.74, 6) is 0.774. The molecule has 0 spiro atoms. The molecule has 0 aliphatic carbocycles. The lowest BCUT2D eigenvalue weighted by molar-refractivity contribution is 0.0611. The number of ether oxygens (including phenoxy) is 1. The Balaban J connectivity index is 1.59. The largest absolute Gasteiger partial charge is 0.468 e. The van der Waals surface area contributed by atoms with Crippen LogP contribution in [0.4, 0.5) is 0 Å². The Hall–Kier alpha value is -2.45. The van der Waals surface area contributed by atoms with E-state index in [1.54, 1.807) is 18.3 Å². The number of methoxy groups -OCH3 is 1. The molecule has 0 saturated carbocycles. The molecule has 134 valence electrons. The van der Waals surface area contributed by atoms with Gasteiger partial charge >= 0.3 is 0 Å². The monoisotopic (exact) mass is 346 g/mol. The van der Waals surface area contributed by atoms with Crippen LogP contribution in [0.15, 0.2) is 39.7 Å². The van der Waals surface area contributed by atoms with Crippen LogP contribution in [0, 0.1) is 0 Å². The number of furan rings is 1. The first kappa shape index (κ1) is 17.4. The Morgan fingerprint density at radius 3 is 2.72 bits per heavy atom. The van der Waals surface area contributed by atoms with Crippen LogP contribution in [-0.2, 0) is 17.8 Å². The van der Waals surface area contributed by atoms with Crippen molar-refractivity contribution in [2.45, 2.75) is 13.1 Å². The van der Waals surface area contributed by atoms with Crippen LogP contribution in [0.5, 0.6) is 0 Å². The molecule has 8 nitrogen and oxygen atoms in total. The molecular weight excluding hydrogens is 324 g/mol. The van der Waals surface area contributed by atoms with Crippen molar-refractivity contribution in [1.82, 2.24) is 19.6 Å². The second-order valence-corrected chi connectivity index (χ2v) is 5.92. The van der Waals surface area contributed by atoms with E-state index in [0.717, 1.165) is 25.4 Å². The molecule has 0 N–H and O–H groups in total. The van der Waals surface area contributed by atoms with Crippen LogP contribution >= 0.6 is 0 Å². The molecule has 1 fully saturated rings. The molecule has 0 atom stereocenters. The fourth-order valence-electron chi connectivity index (χ4n) is 2.79. The number of amides is 1. The number of carbonyl (C=O) groups excluding carboxylic acids is 1. The van der Waals surface area contributed by atoms with Crippen molar-refractivity contribution in [2.24, 2.45) is 0 Å². The topological polar surface area (TPSA) is 80.8 Å². The molecule has 2 aromatic heterocycles. The summed E-state index contributed by atoms with van der Waals surface area (Å²) in [7, 11) is 1.56. The van der Waals surface area contributed by atoms with E-state index in [1.807, 2.05) is 12.1 Å². The summed E-state index contributed by atoms with van der Waals surface area (Å²) in [6.45, 7) is 4.24. The van der Waals surface area contributed by atoms with Gasteiger partial charge in [0, 0.05) is 39.4 Å². The van der Waals surface area contributed by atoms with E-state index < -0.39 is 0 Å². The van der Waals surface area contributed by atoms with Gasteiger partial charge < -0.3 is 14.1 Å². The second kappa shape index (κ2) is 8.09. The lowest BCUT2D eigenvalue weighted by Gasteiger charge is -2.34. The lowest BCUT2D eigenvalue weighted by Crippen LogP contribution is -2.48. The number of nitrogens with zero attached hydrogens (tertiary/aromatic N) is 4. The summed E-state index contributed by atoms with van der Waals surface area (Å²) < 4.78 is 11.6. The Labute approximate surface area is 145 Å². The molecule has 0 radical (unpaired) electrons. The van der Waals surface area contributed by atoms with E-state index in [2.05, 4.69) is 10.00 Å². The predicted molar refractivity (Wildman–Crippen MR) is 90.3 cm³/mol. The van der Waals surface area contributed by atoms with Crippen LogP contribution < -0.4 is 5.56 Å². The molecule has 8 heteroatoms. The minimum Gasteiger partial charge on any atom is -0.468 e. The zero-order valence-corrected chi connectivity index (χ0v) is 14.3. The molecule has 0 aromatic carbocycles. The van der Waals surface area contributed by atoms with E-state index in [-0.39, 0.29) is 17.2 Å². The second-order valence-electron chi connectivity index (χ2n) is 5.92. The Bertz CT molecular complexity index is 748. The van der Waals surface area contributed by atoms with Gasteiger partial charge in [-0.2, -0.15) is 5.10 Å². The highest BCUT2D eigenvalue weighted by molar-refractivity contribution is 5.92. The summed E-state index contributed by atoms with van der Waals surface area (Å²) in [4.78, 5) is 28.4. The van der Waals surface area contributed by atoms with Gasteiger partial charge in [-0.25, -0.2) is 4.68 Å². The van der Waals surface area contributed by atoms with Crippen molar-refractivity contribution in [3.63, 3.8) is 0 Å². The molecule has 1 aliphatic heterocycles. The lowest BCUT2D eigenvalue weighted by atomic mass is 10.2. The third-order valence-electron chi connectivity index (χ3n) is 4.21. The number of aromatic nitrogens is 2. The number of hydrogen-bond acceptors (Lipinski definition) is 6. The number of piperazine rings is 1. The fourth-order valence-corrected chi connectivity index (χ4v) is 2.79. The van der Waals surface area contributed by atoms with E-state index in [1.165, 1.54) is 16.8 Å². The van der Waals surface area contributed by atoms with Crippen molar-refractivity contribution in [2.75, 3.05) is 39.9 Å². The molecule has 3 rings (SSSR count). The van der Waals surface area contributed by atoms with Gasteiger partial charge in [-0.3, -0.25) is 14.5 Å². The predicted octanol–water partition coefficient (Wildman–Crippen LogP) is 0.441. The molecule has 1 aliphatic rings. The highest BCUT2D eigenvalue weighted by Crippen LogP contribution is 2.10. The van der Waals surface area contributed by atoms with E-state index >= 15 is 0 Å². The number of carbonyl (C=O) groups is 1. The SMILES string of the molecule is COCCn1nc(C(=O)N2CCN(Cc3ccco3)CC2)ccc1=O. The summed E-state index contributed by atoms with van der Waals surface area (Å²) in [6, 6.07) is 6.69. The van der Waals surface area contributed by atoms with Gasteiger partial charge in [0.2, 0.25) is 0 Å². The first-order valence-electron chi connectivity index (χ1n) is 8.28. The Morgan fingerprint density at radius 2 is 2.04 bits per heavy atom. The highest BCUT2D eigenvalue weighted by atomic mass is 16.5. The average Bonchev–Trinajstić information content (AvgIpc) is 3.14. The summed E-state index contributed by atoms with van der Waals surface area (Å²) in [6.07, 6.45) is 1.67. The quantitative estimate of drug-likeness (QED) is 0.755. The van der Waals surface area contributed by atoms with Crippen molar-refractivity contribution >= 4 is 5.91 Å². The summed E-state index contributed by atoms with van der Waals surface area (Å²) >= 11 is 0. The number of rotatable bonds is 6. The van der Waals surface area contributed by atoms with Gasteiger partial charge in [0.25, 0.3) is 11.5 Å². The molecule has 1 amide bonds.